The molecule has 2 aromatic carbocycles. The molecule has 40 heavy (non-hydrogen) atoms. The monoisotopic (exact) mass is 566 g/mol. The van der Waals surface area contributed by atoms with Crippen molar-refractivity contribution in [1.82, 2.24) is 14.8 Å². The topological polar surface area (TPSA) is 51.4 Å². The number of aromatic nitrogens is 1. The van der Waals surface area contributed by atoms with Crippen molar-refractivity contribution in [3.05, 3.63) is 65.4 Å². The highest BCUT2D eigenvalue weighted by molar-refractivity contribution is 5.89. The number of aromatic amines is 1. The van der Waals surface area contributed by atoms with E-state index in [1.807, 2.05) is 6.07 Å². The molecule has 2 fully saturated rings. The number of benzene rings is 2. The first kappa shape index (κ1) is 28.3. The van der Waals surface area contributed by atoms with Crippen molar-refractivity contribution >= 4 is 22.6 Å². The first-order valence-electron chi connectivity index (χ1n) is 13.6. The summed E-state index contributed by atoms with van der Waals surface area (Å²) in [6, 6.07) is 8.78. The molecule has 216 valence electrons. The minimum Gasteiger partial charge on any atom is -0.361 e. The average Bonchev–Trinajstić information content (AvgIpc) is 3.35. The number of alkyl halides is 6. The molecule has 0 spiro atoms. The molecule has 11 heteroatoms. The molecule has 1 aromatic heterocycles. The number of H-pyrrole nitrogens is 1. The number of nitrogens with zero attached hydrogens (tertiary/aromatic N) is 2. The minimum absolute atomic E-state index is 0.0475. The summed E-state index contributed by atoms with van der Waals surface area (Å²) in [5.74, 6) is 0.957. The maximum atomic E-state index is 13.1. The molecule has 0 saturated carbocycles. The molecule has 3 heterocycles. The Hall–Kier alpha value is -3.21. The zero-order valence-corrected chi connectivity index (χ0v) is 21.9. The van der Waals surface area contributed by atoms with Crippen LogP contribution in [0.5, 0.6) is 0 Å². The Morgan fingerprint density at radius 1 is 0.875 bits per heavy atom. The van der Waals surface area contributed by atoms with Gasteiger partial charge in [0.15, 0.2) is 0 Å². The van der Waals surface area contributed by atoms with Crippen LogP contribution in [0.2, 0.25) is 0 Å². The molecule has 0 aliphatic carbocycles. The average molecular weight is 567 g/mol. The Labute approximate surface area is 228 Å². The number of rotatable bonds is 5. The molecule has 0 atom stereocenters. The van der Waals surface area contributed by atoms with Crippen LogP contribution in [0.3, 0.4) is 0 Å². The third-order valence-electron chi connectivity index (χ3n) is 8.24. The van der Waals surface area contributed by atoms with E-state index in [4.69, 9.17) is 0 Å². The van der Waals surface area contributed by atoms with E-state index in [1.165, 1.54) is 21.4 Å². The molecule has 0 radical (unpaired) electrons. The zero-order valence-electron chi connectivity index (χ0n) is 21.9. The van der Waals surface area contributed by atoms with Gasteiger partial charge < -0.3 is 20.1 Å². The number of hydrogen-bond donors (Lipinski definition) is 2. The van der Waals surface area contributed by atoms with Crippen LogP contribution in [0.25, 0.3) is 10.9 Å². The number of fused-ring (bicyclic) bond motifs is 1. The Balaban J connectivity index is 1.08. The molecule has 0 unspecified atom stereocenters. The lowest BCUT2D eigenvalue weighted by Gasteiger charge is -2.35. The Bertz CT molecular complexity index is 1290. The van der Waals surface area contributed by atoms with Crippen molar-refractivity contribution < 1.29 is 31.1 Å². The molecule has 3 aromatic rings. The fourth-order valence-corrected chi connectivity index (χ4v) is 5.92. The van der Waals surface area contributed by atoms with Crippen molar-refractivity contribution in [2.75, 3.05) is 38.0 Å². The number of para-hydroxylation sites is 1. The smallest absolute Gasteiger partial charge is 0.361 e. The highest BCUT2D eigenvalue weighted by Crippen LogP contribution is 2.38. The van der Waals surface area contributed by atoms with E-state index in [0.29, 0.717) is 37.1 Å². The predicted octanol–water partition coefficient (Wildman–Crippen LogP) is 7.72. The fraction of sp³-hybridized carbons (Fsp3) is 0.483. The van der Waals surface area contributed by atoms with Crippen molar-refractivity contribution in [2.24, 2.45) is 5.92 Å². The van der Waals surface area contributed by atoms with Gasteiger partial charge in [0.1, 0.15) is 0 Å². The maximum absolute atomic E-state index is 13.1. The van der Waals surface area contributed by atoms with Gasteiger partial charge in [-0.1, -0.05) is 18.2 Å². The lowest BCUT2D eigenvalue weighted by atomic mass is 9.88. The quantitative estimate of drug-likeness (QED) is 0.311. The molecular formula is C29H32F6N4O. The summed E-state index contributed by atoms with van der Waals surface area (Å²) in [6.07, 6.45) is -3.11. The summed E-state index contributed by atoms with van der Waals surface area (Å²) in [4.78, 5) is 20.0. The van der Waals surface area contributed by atoms with Gasteiger partial charge in [-0.25, -0.2) is 4.79 Å². The van der Waals surface area contributed by atoms with Crippen molar-refractivity contribution in [3.8, 4) is 0 Å². The number of nitrogens with one attached hydrogen (secondary N) is 2. The van der Waals surface area contributed by atoms with E-state index in [2.05, 4.69) is 39.6 Å². The van der Waals surface area contributed by atoms with E-state index in [9.17, 15) is 31.1 Å². The van der Waals surface area contributed by atoms with Gasteiger partial charge in [0, 0.05) is 35.9 Å². The van der Waals surface area contributed by atoms with E-state index < -0.39 is 35.2 Å². The van der Waals surface area contributed by atoms with Crippen LogP contribution in [0, 0.1) is 5.92 Å². The standard InChI is InChI=1S/C29H32F6N4O/c30-28(31,32)21-15-22(29(33,34)35)17-23(16-21)37-27(40)39-13-6-19(7-14-39)5-10-38-11-8-20(9-12-38)25-18-36-26-4-2-1-3-24(25)26/h1-4,15-20,36H,5-14H2,(H,37,40). The first-order valence-corrected chi connectivity index (χ1v) is 13.6. The highest BCUT2D eigenvalue weighted by atomic mass is 19.4. The number of halogens is 6. The lowest BCUT2D eigenvalue weighted by molar-refractivity contribution is -0.143. The molecule has 2 amide bonds. The maximum Gasteiger partial charge on any atom is 0.416 e. The van der Waals surface area contributed by atoms with Crippen molar-refractivity contribution in [2.45, 2.75) is 50.4 Å². The fourth-order valence-electron chi connectivity index (χ4n) is 5.92. The van der Waals surface area contributed by atoms with Crippen LogP contribution in [0.15, 0.2) is 48.7 Å². The first-order chi connectivity index (χ1) is 19.0. The van der Waals surface area contributed by atoms with Crippen molar-refractivity contribution in [1.29, 1.82) is 0 Å². The van der Waals surface area contributed by atoms with Gasteiger partial charge in [-0.2, -0.15) is 26.3 Å². The Kier molecular flexibility index (Phi) is 8.03. The second-order valence-corrected chi connectivity index (χ2v) is 10.8. The summed E-state index contributed by atoms with van der Waals surface area (Å²) in [6.45, 7) is 3.85. The van der Waals surface area contributed by atoms with Gasteiger partial charge in [0.25, 0.3) is 0 Å². The number of amides is 2. The summed E-state index contributed by atoms with van der Waals surface area (Å²) < 4.78 is 78.7. The Morgan fingerprint density at radius 3 is 2.12 bits per heavy atom. The van der Waals surface area contributed by atoms with Crippen LogP contribution in [0.4, 0.5) is 36.8 Å². The molecule has 2 aliphatic rings. The lowest BCUT2D eigenvalue weighted by Crippen LogP contribution is -2.42. The summed E-state index contributed by atoms with van der Waals surface area (Å²) in [5, 5.41) is 3.54. The van der Waals surface area contributed by atoms with Crippen LogP contribution < -0.4 is 5.32 Å². The van der Waals surface area contributed by atoms with Crippen LogP contribution >= 0.6 is 0 Å². The van der Waals surface area contributed by atoms with Gasteiger partial charge >= 0.3 is 18.4 Å². The van der Waals surface area contributed by atoms with Gasteiger partial charge in [-0.05, 0) is 93.4 Å². The normalized spacial score (nSPS) is 18.4. The second-order valence-electron chi connectivity index (χ2n) is 10.8. The second kappa shape index (κ2) is 11.3. The third kappa shape index (κ3) is 6.56. The SMILES string of the molecule is O=C(Nc1cc(C(F)(F)F)cc(C(F)(F)F)c1)N1CCC(CCN2CCC(c3c[nH]c4ccccc34)CC2)CC1. The molecule has 2 saturated heterocycles. The number of carbonyl (C=O) groups excluding carboxylic acids is 1. The van der Waals surface area contributed by atoms with Gasteiger partial charge in [0.2, 0.25) is 0 Å². The molecule has 5 nitrogen and oxygen atoms in total. The van der Waals surface area contributed by atoms with Gasteiger partial charge in [0.05, 0.1) is 11.1 Å². The molecule has 2 aliphatic heterocycles. The van der Waals surface area contributed by atoms with E-state index in [1.54, 1.807) is 0 Å². The van der Waals surface area contributed by atoms with Crippen molar-refractivity contribution in [3.63, 3.8) is 0 Å². The van der Waals surface area contributed by atoms with E-state index in [-0.39, 0.29) is 6.07 Å². The number of urea groups is 1. The highest BCUT2D eigenvalue weighted by Gasteiger charge is 2.37. The van der Waals surface area contributed by atoms with Crippen LogP contribution in [-0.4, -0.2) is 53.5 Å². The molecule has 5 rings (SSSR count). The zero-order chi connectivity index (χ0) is 28.5. The number of likely N-dealkylation sites (tertiary alicyclic amines) is 2. The number of piperidine rings is 2. The largest absolute Gasteiger partial charge is 0.416 e. The van der Waals surface area contributed by atoms with Crippen LogP contribution in [-0.2, 0) is 12.4 Å². The molecule has 2 N–H and O–H groups in total. The van der Waals surface area contributed by atoms with E-state index >= 15 is 0 Å². The summed E-state index contributed by atoms with van der Waals surface area (Å²) >= 11 is 0. The molecular weight excluding hydrogens is 534 g/mol. The summed E-state index contributed by atoms with van der Waals surface area (Å²) in [5.41, 5.74) is -0.879. The minimum atomic E-state index is -4.97. The number of hydrogen-bond acceptors (Lipinski definition) is 2. The predicted molar refractivity (Wildman–Crippen MR) is 141 cm³/mol. The van der Waals surface area contributed by atoms with Gasteiger partial charge in [-0.3, -0.25) is 0 Å². The van der Waals surface area contributed by atoms with E-state index in [0.717, 1.165) is 51.7 Å². The summed E-state index contributed by atoms with van der Waals surface area (Å²) in [7, 11) is 0. The third-order valence-corrected chi connectivity index (χ3v) is 8.24. The number of carbonyl (C=O) groups is 1. The van der Waals surface area contributed by atoms with Crippen LogP contribution in [0.1, 0.15) is 54.7 Å². The van der Waals surface area contributed by atoms with Gasteiger partial charge in [-0.15, -0.1) is 0 Å². The molecule has 0 bridgehead atoms. The number of anilines is 1. The Morgan fingerprint density at radius 2 is 1.50 bits per heavy atom.